The first kappa shape index (κ1) is 16.9. The highest BCUT2D eigenvalue weighted by Gasteiger charge is 2.20. The van der Waals surface area contributed by atoms with Gasteiger partial charge in [-0.3, -0.25) is 0 Å². The van der Waals surface area contributed by atoms with Crippen LogP contribution in [0.15, 0.2) is 0 Å². The third-order valence-electron chi connectivity index (χ3n) is 2.87. The second-order valence-electron chi connectivity index (χ2n) is 5.68. The van der Waals surface area contributed by atoms with E-state index < -0.39 is 5.60 Å². The summed E-state index contributed by atoms with van der Waals surface area (Å²) < 4.78 is 0. The second-order valence-corrected chi connectivity index (χ2v) is 5.68. The Balaban J connectivity index is 3.32. The summed E-state index contributed by atoms with van der Waals surface area (Å²) in [4.78, 5) is 2.02. The molecule has 2 N–H and O–H groups in total. The summed E-state index contributed by atoms with van der Waals surface area (Å²) in [5.41, 5.74) is -0.619. The molecule has 0 spiro atoms. The predicted molar refractivity (Wildman–Crippen MR) is 75.4 cm³/mol. The van der Waals surface area contributed by atoms with E-state index in [1.165, 1.54) is 38.5 Å². The summed E-state index contributed by atoms with van der Waals surface area (Å²) >= 11 is 0. The fourth-order valence-electron chi connectivity index (χ4n) is 2.13. The number of rotatable bonds is 11. The molecule has 3 heteroatoms. The summed E-state index contributed by atoms with van der Waals surface area (Å²) in [5.74, 6) is 0. The minimum absolute atomic E-state index is 0.619. The van der Waals surface area contributed by atoms with E-state index >= 15 is 0 Å². The highest BCUT2D eigenvalue weighted by Crippen LogP contribution is 2.05. The maximum absolute atomic E-state index is 10.1. The molecular formula is C14H32N2O. The van der Waals surface area contributed by atoms with Gasteiger partial charge in [0.2, 0.25) is 0 Å². The quantitative estimate of drug-likeness (QED) is 0.547. The van der Waals surface area contributed by atoms with E-state index in [0.717, 1.165) is 6.54 Å². The Morgan fingerprint density at radius 1 is 1.06 bits per heavy atom. The van der Waals surface area contributed by atoms with Crippen LogP contribution in [0.2, 0.25) is 0 Å². The fraction of sp³-hybridized carbons (Fsp3) is 1.00. The lowest BCUT2D eigenvalue weighted by atomic mass is 10.1. The van der Waals surface area contributed by atoms with Gasteiger partial charge in [0, 0.05) is 13.1 Å². The Bertz CT molecular complexity index is 170. The Labute approximate surface area is 108 Å². The van der Waals surface area contributed by atoms with Crippen molar-refractivity contribution >= 4 is 0 Å². The van der Waals surface area contributed by atoms with E-state index in [4.69, 9.17) is 0 Å². The molecule has 0 aliphatic heterocycles. The second kappa shape index (κ2) is 9.86. The zero-order chi connectivity index (χ0) is 13.1. The van der Waals surface area contributed by atoms with Crippen LogP contribution in [-0.4, -0.2) is 49.3 Å². The molecule has 0 rings (SSSR count). The van der Waals surface area contributed by atoms with Gasteiger partial charge >= 0.3 is 0 Å². The third-order valence-corrected chi connectivity index (χ3v) is 2.87. The Kier molecular flexibility index (Phi) is 9.79. The molecule has 0 radical (unpaired) electrons. The monoisotopic (exact) mass is 244 g/mol. The van der Waals surface area contributed by atoms with Crippen molar-refractivity contribution in [3.63, 3.8) is 0 Å². The highest BCUT2D eigenvalue weighted by atomic mass is 16.3. The minimum Gasteiger partial charge on any atom is -0.388 e. The van der Waals surface area contributed by atoms with Crippen molar-refractivity contribution in [2.45, 2.75) is 58.0 Å². The maximum Gasteiger partial charge on any atom is 0.0869 e. The molecule has 0 aromatic heterocycles. The first-order chi connectivity index (χ1) is 7.98. The standard InChI is InChI=1S/C14H32N2O/c1-5-6-7-8-9-10-11-15-12-14(2,17)13-16(3)4/h15,17H,5-13H2,1-4H3. The summed E-state index contributed by atoms with van der Waals surface area (Å²) in [6, 6.07) is 0. The average molecular weight is 244 g/mol. The van der Waals surface area contributed by atoms with Gasteiger partial charge in [-0.05, 0) is 34.0 Å². The first-order valence-electron chi connectivity index (χ1n) is 7.06. The van der Waals surface area contributed by atoms with Crippen molar-refractivity contribution in [3.8, 4) is 0 Å². The number of nitrogens with zero attached hydrogens (tertiary/aromatic N) is 1. The number of hydrogen-bond acceptors (Lipinski definition) is 3. The fourth-order valence-corrected chi connectivity index (χ4v) is 2.13. The van der Waals surface area contributed by atoms with Crippen LogP contribution in [0.4, 0.5) is 0 Å². The molecule has 0 saturated carbocycles. The molecule has 104 valence electrons. The van der Waals surface area contributed by atoms with Crippen molar-refractivity contribution in [2.75, 3.05) is 33.7 Å². The van der Waals surface area contributed by atoms with E-state index in [9.17, 15) is 5.11 Å². The molecule has 0 aliphatic rings. The lowest BCUT2D eigenvalue weighted by Gasteiger charge is -2.27. The van der Waals surface area contributed by atoms with Crippen LogP contribution in [0.5, 0.6) is 0 Å². The Morgan fingerprint density at radius 2 is 1.65 bits per heavy atom. The minimum atomic E-state index is -0.619. The summed E-state index contributed by atoms with van der Waals surface area (Å²) in [6.07, 6.45) is 7.93. The lowest BCUT2D eigenvalue weighted by molar-refractivity contribution is 0.0339. The molecule has 0 saturated heterocycles. The third kappa shape index (κ3) is 12.1. The SMILES string of the molecule is CCCCCCCCNCC(C)(O)CN(C)C. The van der Waals surface area contributed by atoms with Gasteiger partial charge in [0.25, 0.3) is 0 Å². The average Bonchev–Trinajstić information content (AvgIpc) is 2.20. The van der Waals surface area contributed by atoms with Gasteiger partial charge < -0.3 is 15.3 Å². The maximum atomic E-state index is 10.1. The molecule has 0 aromatic carbocycles. The normalized spacial score (nSPS) is 15.2. The topological polar surface area (TPSA) is 35.5 Å². The van der Waals surface area contributed by atoms with E-state index in [1.807, 2.05) is 25.9 Å². The van der Waals surface area contributed by atoms with Gasteiger partial charge in [-0.25, -0.2) is 0 Å². The summed E-state index contributed by atoms with van der Waals surface area (Å²) in [6.45, 7) is 6.54. The van der Waals surface area contributed by atoms with E-state index in [1.54, 1.807) is 0 Å². The molecular weight excluding hydrogens is 212 g/mol. The zero-order valence-corrected chi connectivity index (χ0v) is 12.3. The smallest absolute Gasteiger partial charge is 0.0869 e. The molecule has 1 atom stereocenters. The Hall–Kier alpha value is -0.120. The van der Waals surface area contributed by atoms with Crippen LogP contribution in [0, 0.1) is 0 Å². The molecule has 3 nitrogen and oxygen atoms in total. The predicted octanol–water partition coefficient (Wildman–Crippen LogP) is 2.25. The number of aliphatic hydroxyl groups is 1. The molecule has 0 bridgehead atoms. The first-order valence-corrected chi connectivity index (χ1v) is 7.06. The van der Waals surface area contributed by atoms with Gasteiger partial charge in [0.05, 0.1) is 5.60 Å². The molecule has 17 heavy (non-hydrogen) atoms. The highest BCUT2D eigenvalue weighted by molar-refractivity contribution is 4.77. The molecule has 0 fully saturated rings. The Morgan fingerprint density at radius 3 is 2.24 bits per heavy atom. The van der Waals surface area contributed by atoms with Crippen molar-refractivity contribution in [1.82, 2.24) is 10.2 Å². The van der Waals surface area contributed by atoms with Crippen LogP contribution >= 0.6 is 0 Å². The molecule has 0 heterocycles. The van der Waals surface area contributed by atoms with Crippen LogP contribution in [0.25, 0.3) is 0 Å². The van der Waals surface area contributed by atoms with Crippen molar-refractivity contribution in [1.29, 1.82) is 0 Å². The van der Waals surface area contributed by atoms with Crippen LogP contribution < -0.4 is 5.32 Å². The van der Waals surface area contributed by atoms with Crippen molar-refractivity contribution in [3.05, 3.63) is 0 Å². The van der Waals surface area contributed by atoms with Gasteiger partial charge in [-0.15, -0.1) is 0 Å². The molecule has 0 aliphatic carbocycles. The largest absolute Gasteiger partial charge is 0.388 e. The van der Waals surface area contributed by atoms with E-state index in [2.05, 4.69) is 12.2 Å². The van der Waals surface area contributed by atoms with Crippen LogP contribution in [0.1, 0.15) is 52.4 Å². The van der Waals surface area contributed by atoms with Gasteiger partial charge in [-0.2, -0.15) is 0 Å². The van der Waals surface area contributed by atoms with Crippen LogP contribution in [-0.2, 0) is 0 Å². The van der Waals surface area contributed by atoms with E-state index in [0.29, 0.717) is 13.1 Å². The van der Waals surface area contributed by atoms with Crippen molar-refractivity contribution in [2.24, 2.45) is 0 Å². The molecule has 1 unspecified atom stereocenters. The van der Waals surface area contributed by atoms with E-state index in [-0.39, 0.29) is 0 Å². The van der Waals surface area contributed by atoms with Gasteiger partial charge in [0.15, 0.2) is 0 Å². The molecule has 0 aromatic rings. The summed E-state index contributed by atoms with van der Waals surface area (Å²) in [7, 11) is 3.98. The van der Waals surface area contributed by atoms with Gasteiger partial charge in [-0.1, -0.05) is 39.0 Å². The van der Waals surface area contributed by atoms with Crippen LogP contribution in [0.3, 0.4) is 0 Å². The lowest BCUT2D eigenvalue weighted by Crippen LogP contribution is -2.45. The number of hydrogen-bond donors (Lipinski definition) is 2. The number of unbranched alkanes of at least 4 members (excludes halogenated alkanes) is 5. The number of nitrogens with one attached hydrogen (secondary N) is 1. The zero-order valence-electron chi connectivity index (χ0n) is 12.3. The summed E-state index contributed by atoms with van der Waals surface area (Å²) in [5, 5.41) is 13.4. The van der Waals surface area contributed by atoms with Crippen molar-refractivity contribution < 1.29 is 5.11 Å². The number of likely N-dealkylation sites (N-methyl/N-ethyl adjacent to an activating group) is 1. The van der Waals surface area contributed by atoms with Gasteiger partial charge in [0.1, 0.15) is 0 Å². The molecule has 0 amide bonds.